The molecule has 1 aromatic carbocycles. The second-order valence-corrected chi connectivity index (χ2v) is 5.74. The van der Waals surface area contributed by atoms with E-state index in [1.807, 2.05) is 0 Å². The highest BCUT2D eigenvalue weighted by Gasteiger charge is 2.18. The Hall–Kier alpha value is -1.13. The van der Waals surface area contributed by atoms with Crippen molar-refractivity contribution in [3.05, 3.63) is 35.9 Å². The third-order valence-electron chi connectivity index (χ3n) is 3.32. The maximum atomic E-state index is 5.41. The molecule has 1 N–H and O–H groups in total. The van der Waals surface area contributed by atoms with Crippen molar-refractivity contribution in [2.75, 3.05) is 26.2 Å². The molecule has 104 valence electrons. The molecule has 0 aromatic heterocycles. The van der Waals surface area contributed by atoms with Crippen molar-refractivity contribution < 1.29 is 0 Å². The third-order valence-corrected chi connectivity index (χ3v) is 3.70. The predicted molar refractivity (Wildman–Crippen MR) is 84.2 cm³/mol. The first-order valence-electron chi connectivity index (χ1n) is 6.97. The average Bonchev–Trinajstić information content (AvgIpc) is 2.40. The van der Waals surface area contributed by atoms with Crippen LogP contribution < -0.4 is 5.32 Å². The highest BCUT2D eigenvalue weighted by molar-refractivity contribution is 7.80. The molecule has 0 saturated carbocycles. The van der Waals surface area contributed by atoms with Gasteiger partial charge in [0.25, 0.3) is 0 Å². The lowest BCUT2D eigenvalue weighted by atomic mass is 10.2. The molecule has 0 spiro atoms. The number of benzene rings is 1. The van der Waals surface area contributed by atoms with E-state index in [0.717, 1.165) is 37.8 Å². The molecule has 0 atom stereocenters. The van der Waals surface area contributed by atoms with Gasteiger partial charge >= 0.3 is 0 Å². The van der Waals surface area contributed by atoms with Crippen molar-refractivity contribution in [3.8, 4) is 0 Å². The molecule has 4 heteroatoms. The minimum atomic E-state index is 0.412. The number of hydrogen-bond donors (Lipinski definition) is 1. The van der Waals surface area contributed by atoms with Gasteiger partial charge < -0.3 is 10.2 Å². The number of nitrogens with zero attached hydrogens (tertiary/aromatic N) is 2. The standard InChI is InChI=1S/C15H23N3S/c1-13(2)16-15(19)18-10-8-17(9-11-18)12-14-6-4-3-5-7-14/h3-7,13H,8-12H2,1-2H3,(H,16,19). The molecule has 1 aliphatic rings. The van der Waals surface area contributed by atoms with Gasteiger partial charge in [0.2, 0.25) is 0 Å². The number of rotatable bonds is 3. The first-order chi connectivity index (χ1) is 9.15. The molecule has 1 saturated heterocycles. The number of nitrogens with one attached hydrogen (secondary N) is 1. The minimum absolute atomic E-state index is 0.412. The molecule has 0 unspecified atom stereocenters. The van der Waals surface area contributed by atoms with Crippen molar-refractivity contribution in [2.24, 2.45) is 0 Å². The first-order valence-corrected chi connectivity index (χ1v) is 7.37. The highest BCUT2D eigenvalue weighted by atomic mass is 32.1. The monoisotopic (exact) mass is 277 g/mol. The smallest absolute Gasteiger partial charge is 0.169 e. The largest absolute Gasteiger partial charge is 0.360 e. The molecule has 3 nitrogen and oxygen atoms in total. The van der Waals surface area contributed by atoms with E-state index in [2.05, 4.69) is 59.3 Å². The van der Waals surface area contributed by atoms with Gasteiger partial charge in [-0.25, -0.2) is 0 Å². The molecule has 0 radical (unpaired) electrons. The van der Waals surface area contributed by atoms with Gasteiger partial charge in [0.15, 0.2) is 5.11 Å². The Labute approximate surface area is 121 Å². The fourth-order valence-corrected chi connectivity index (χ4v) is 2.71. The Kier molecular flexibility index (Phi) is 5.16. The summed E-state index contributed by atoms with van der Waals surface area (Å²) in [7, 11) is 0. The lowest BCUT2D eigenvalue weighted by Gasteiger charge is -2.36. The zero-order valence-corrected chi connectivity index (χ0v) is 12.6. The van der Waals surface area contributed by atoms with Crippen LogP contribution >= 0.6 is 12.2 Å². The summed E-state index contributed by atoms with van der Waals surface area (Å²) < 4.78 is 0. The van der Waals surface area contributed by atoms with Gasteiger partial charge in [-0.1, -0.05) is 30.3 Å². The normalized spacial score (nSPS) is 16.7. The summed E-state index contributed by atoms with van der Waals surface area (Å²) >= 11 is 5.41. The molecule has 0 aliphatic carbocycles. The van der Waals surface area contributed by atoms with Gasteiger partial charge in [0, 0.05) is 38.8 Å². The first kappa shape index (κ1) is 14.3. The van der Waals surface area contributed by atoms with Gasteiger partial charge in [0.05, 0.1) is 0 Å². The van der Waals surface area contributed by atoms with E-state index in [1.165, 1.54) is 5.56 Å². The Morgan fingerprint density at radius 1 is 1.16 bits per heavy atom. The van der Waals surface area contributed by atoms with E-state index in [0.29, 0.717) is 6.04 Å². The van der Waals surface area contributed by atoms with Gasteiger partial charge in [0.1, 0.15) is 0 Å². The van der Waals surface area contributed by atoms with Crippen LogP contribution in [-0.2, 0) is 6.54 Å². The fraction of sp³-hybridized carbons (Fsp3) is 0.533. The summed E-state index contributed by atoms with van der Waals surface area (Å²) in [6.07, 6.45) is 0. The summed E-state index contributed by atoms with van der Waals surface area (Å²) in [5, 5.41) is 4.21. The summed E-state index contributed by atoms with van der Waals surface area (Å²) in [4.78, 5) is 4.76. The van der Waals surface area contributed by atoms with Crippen LogP contribution in [0.25, 0.3) is 0 Å². The Morgan fingerprint density at radius 2 is 1.79 bits per heavy atom. The summed E-state index contributed by atoms with van der Waals surface area (Å²) in [6.45, 7) is 9.48. The molecular weight excluding hydrogens is 254 g/mol. The second kappa shape index (κ2) is 6.87. The molecule has 1 aliphatic heterocycles. The predicted octanol–water partition coefficient (Wildman–Crippen LogP) is 2.09. The van der Waals surface area contributed by atoms with Gasteiger partial charge in [-0.2, -0.15) is 0 Å². The molecule has 2 rings (SSSR count). The van der Waals surface area contributed by atoms with Crippen molar-refractivity contribution >= 4 is 17.3 Å². The van der Waals surface area contributed by atoms with Crippen molar-refractivity contribution in [1.29, 1.82) is 0 Å². The Balaban J connectivity index is 1.78. The summed E-state index contributed by atoms with van der Waals surface area (Å²) in [5.74, 6) is 0. The van der Waals surface area contributed by atoms with Crippen LogP contribution in [0, 0.1) is 0 Å². The number of thiocarbonyl (C=S) groups is 1. The van der Waals surface area contributed by atoms with E-state index < -0.39 is 0 Å². The van der Waals surface area contributed by atoms with Gasteiger partial charge in [-0.3, -0.25) is 4.90 Å². The SMILES string of the molecule is CC(C)NC(=S)N1CCN(Cc2ccccc2)CC1. The van der Waals surface area contributed by atoms with E-state index >= 15 is 0 Å². The quantitative estimate of drug-likeness (QED) is 0.852. The molecule has 1 fully saturated rings. The second-order valence-electron chi connectivity index (χ2n) is 5.35. The topological polar surface area (TPSA) is 18.5 Å². The molecule has 1 heterocycles. The van der Waals surface area contributed by atoms with Crippen LogP contribution in [0.2, 0.25) is 0 Å². The zero-order chi connectivity index (χ0) is 13.7. The van der Waals surface area contributed by atoms with Gasteiger partial charge in [-0.05, 0) is 31.6 Å². The van der Waals surface area contributed by atoms with E-state index in [4.69, 9.17) is 12.2 Å². The molecule has 0 amide bonds. The summed E-state index contributed by atoms with van der Waals surface area (Å²) in [5.41, 5.74) is 1.39. The van der Waals surface area contributed by atoms with Crippen LogP contribution in [0.15, 0.2) is 30.3 Å². The lowest BCUT2D eigenvalue weighted by Crippen LogP contribution is -2.52. The zero-order valence-electron chi connectivity index (χ0n) is 11.8. The fourth-order valence-electron chi connectivity index (χ4n) is 2.29. The number of hydrogen-bond acceptors (Lipinski definition) is 2. The van der Waals surface area contributed by atoms with Crippen LogP contribution in [0.5, 0.6) is 0 Å². The average molecular weight is 277 g/mol. The van der Waals surface area contributed by atoms with E-state index in [1.54, 1.807) is 0 Å². The lowest BCUT2D eigenvalue weighted by molar-refractivity contribution is 0.174. The van der Waals surface area contributed by atoms with Gasteiger partial charge in [-0.15, -0.1) is 0 Å². The van der Waals surface area contributed by atoms with Crippen LogP contribution in [0.4, 0.5) is 0 Å². The van der Waals surface area contributed by atoms with Crippen molar-refractivity contribution in [2.45, 2.75) is 26.4 Å². The Bertz CT molecular complexity index is 397. The van der Waals surface area contributed by atoms with Crippen LogP contribution in [-0.4, -0.2) is 47.1 Å². The molecule has 1 aromatic rings. The molecule has 19 heavy (non-hydrogen) atoms. The van der Waals surface area contributed by atoms with Crippen molar-refractivity contribution in [3.63, 3.8) is 0 Å². The molecule has 0 bridgehead atoms. The number of piperazine rings is 1. The van der Waals surface area contributed by atoms with E-state index in [-0.39, 0.29) is 0 Å². The maximum Gasteiger partial charge on any atom is 0.169 e. The Morgan fingerprint density at radius 3 is 2.37 bits per heavy atom. The maximum absolute atomic E-state index is 5.41. The van der Waals surface area contributed by atoms with Crippen LogP contribution in [0.1, 0.15) is 19.4 Å². The minimum Gasteiger partial charge on any atom is -0.360 e. The third kappa shape index (κ3) is 4.48. The highest BCUT2D eigenvalue weighted by Crippen LogP contribution is 2.08. The summed E-state index contributed by atoms with van der Waals surface area (Å²) in [6, 6.07) is 11.1. The van der Waals surface area contributed by atoms with Crippen molar-refractivity contribution in [1.82, 2.24) is 15.1 Å². The molecular formula is C15H23N3S. The van der Waals surface area contributed by atoms with Crippen LogP contribution in [0.3, 0.4) is 0 Å². The van der Waals surface area contributed by atoms with E-state index in [9.17, 15) is 0 Å².